The molecule has 0 radical (unpaired) electrons. The summed E-state index contributed by atoms with van der Waals surface area (Å²) in [5, 5.41) is 6.52. The van der Waals surface area contributed by atoms with E-state index in [-0.39, 0.29) is 13.4 Å². The first-order chi connectivity index (χ1) is 34.6. The fourth-order valence-corrected chi connectivity index (χ4v) is 13.0. The van der Waals surface area contributed by atoms with Gasteiger partial charge in [0.05, 0.1) is 14.1 Å². The molecule has 310 valence electrons. The highest BCUT2D eigenvalue weighted by Crippen LogP contribution is 2.50. The third kappa shape index (κ3) is 4.69. The largest absolute Gasteiger partial charge is 0.311 e. The number of benzene rings is 12. The number of hydrogen-bond acceptors (Lipinski definition) is 2. The molecular weight excluding hydrogens is 818 g/mol. The van der Waals surface area contributed by atoms with Crippen LogP contribution < -0.4 is 42.6 Å². The summed E-state index contributed by atoms with van der Waals surface area (Å²) >= 11 is 0. The molecule has 4 heteroatoms. The van der Waals surface area contributed by atoms with Crippen LogP contribution in [0.3, 0.4) is 0 Å². The van der Waals surface area contributed by atoms with Crippen LogP contribution in [0.2, 0.25) is 0 Å². The molecule has 0 N–H and O–H groups in total. The monoisotopic (exact) mass is 858 g/mol. The molecule has 4 heterocycles. The minimum atomic E-state index is -0.0806. The average Bonchev–Trinajstić information content (AvgIpc) is 3.42. The summed E-state index contributed by atoms with van der Waals surface area (Å²) in [5.74, 6) is 0. The lowest BCUT2D eigenvalue weighted by molar-refractivity contribution is 1.29. The number of rotatable bonds is 4. The molecule has 4 aliphatic rings. The summed E-state index contributed by atoms with van der Waals surface area (Å²) < 4.78 is 20.2. The van der Waals surface area contributed by atoms with Crippen LogP contribution in [0.5, 0.6) is 0 Å². The zero-order valence-corrected chi connectivity index (χ0v) is 36.8. The highest BCUT2D eigenvalue weighted by molar-refractivity contribution is 7.02. The predicted molar refractivity (Wildman–Crippen MR) is 291 cm³/mol. The molecule has 16 rings (SSSR count). The fraction of sp³-hybridized carbons (Fsp3) is 0. The first kappa shape index (κ1) is 34.7. The predicted octanol–water partition coefficient (Wildman–Crippen LogP) is 12.5. The Balaban J connectivity index is 0.980. The Bertz CT molecular complexity index is 3970. The molecule has 12 aromatic carbocycles. The second-order valence-corrected chi connectivity index (χ2v) is 18.8. The molecule has 0 aliphatic carbocycles. The van der Waals surface area contributed by atoms with Crippen LogP contribution in [0.25, 0.3) is 76.8 Å². The van der Waals surface area contributed by atoms with Crippen LogP contribution in [-0.4, -0.2) is 13.4 Å². The Morgan fingerprint density at radius 1 is 0.279 bits per heavy atom. The van der Waals surface area contributed by atoms with E-state index >= 15 is 0 Å². The van der Waals surface area contributed by atoms with Gasteiger partial charge in [-0.1, -0.05) is 205 Å². The van der Waals surface area contributed by atoms with E-state index in [2.05, 4.69) is 228 Å². The van der Waals surface area contributed by atoms with E-state index in [0.717, 1.165) is 66.8 Å². The van der Waals surface area contributed by atoms with Crippen molar-refractivity contribution in [2.24, 2.45) is 0 Å². The topological polar surface area (TPSA) is 6.48 Å². The highest BCUT2D eigenvalue weighted by Gasteiger charge is 2.44. The number of para-hydroxylation sites is 4. The van der Waals surface area contributed by atoms with E-state index in [0.29, 0.717) is 12.1 Å². The van der Waals surface area contributed by atoms with Crippen LogP contribution in [-0.2, 0) is 0 Å². The smallest absolute Gasteiger partial charge is 0.248 e. The molecule has 2 nitrogen and oxygen atoms in total. The van der Waals surface area contributed by atoms with Crippen molar-refractivity contribution in [2.45, 2.75) is 0 Å². The Hall–Kier alpha value is -8.59. The minimum absolute atomic E-state index is 0.0806. The van der Waals surface area contributed by atoms with Gasteiger partial charge in [-0.15, -0.1) is 0 Å². The van der Waals surface area contributed by atoms with E-state index in [4.69, 9.17) is 0 Å². The number of nitrogens with zero attached hydrogens (tertiary/aromatic N) is 2. The van der Waals surface area contributed by atoms with Gasteiger partial charge in [0.25, 0.3) is 0 Å². The van der Waals surface area contributed by atoms with Crippen molar-refractivity contribution in [2.75, 3.05) is 9.80 Å². The van der Waals surface area contributed by atoms with Crippen LogP contribution in [0, 0.1) is 0 Å². The molecule has 0 aromatic heterocycles. The second kappa shape index (κ2) is 13.5. The lowest BCUT2D eigenvalue weighted by Crippen LogP contribution is -2.60. The van der Waals surface area contributed by atoms with Gasteiger partial charge in [0.2, 0.25) is 13.4 Å². The van der Waals surface area contributed by atoms with Crippen molar-refractivity contribution in [3.8, 4) is 44.5 Å². The van der Waals surface area contributed by atoms with E-state index < -0.39 is 0 Å². The second-order valence-electron chi connectivity index (χ2n) is 18.8. The molecular formula is C64H38B2N2. The Kier molecular flexibility index (Phi) is 6.89. The third-order valence-electron chi connectivity index (χ3n) is 15.6. The maximum Gasteiger partial charge on any atom is 0.248 e. The summed E-state index contributed by atoms with van der Waals surface area (Å²) in [7, 11) is 0. The molecule has 68 heavy (non-hydrogen) atoms. The van der Waals surface area contributed by atoms with Crippen LogP contribution in [0.1, 0.15) is 2.74 Å². The average molecular weight is 859 g/mol. The summed E-state index contributed by atoms with van der Waals surface area (Å²) in [5.41, 5.74) is 23.5. The fourth-order valence-electron chi connectivity index (χ4n) is 13.0. The van der Waals surface area contributed by atoms with E-state index in [1.165, 1.54) is 76.9 Å². The Labute approximate surface area is 398 Å². The molecule has 0 atom stereocenters. The SMILES string of the molecule is [2H]c1cc2c3c(cc4c([2H])cc5c6c(cc1c3c46)B1c3ccccc3N(c3ccccc3-c3ccccc3)c3cccc-5c31)B1c3ccccc3N(c3ccccc3-c3ccccc3)c3cccc-2c31. The van der Waals surface area contributed by atoms with Crippen LogP contribution in [0.15, 0.2) is 230 Å². The summed E-state index contributed by atoms with van der Waals surface area (Å²) in [6.45, 7) is -0.161. The lowest BCUT2D eigenvalue weighted by atomic mass is 9.31. The van der Waals surface area contributed by atoms with Gasteiger partial charge >= 0.3 is 0 Å². The molecule has 4 aliphatic heterocycles. The molecule has 0 saturated carbocycles. The van der Waals surface area contributed by atoms with E-state index in [9.17, 15) is 2.74 Å². The van der Waals surface area contributed by atoms with Gasteiger partial charge in [0, 0.05) is 33.9 Å². The third-order valence-corrected chi connectivity index (χ3v) is 15.6. The van der Waals surface area contributed by atoms with Gasteiger partial charge in [0.15, 0.2) is 0 Å². The van der Waals surface area contributed by atoms with Crippen LogP contribution in [0.4, 0.5) is 34.1 Å². The van der Waals surface area contributed by atoms with Crippen LogP contribution >= 0.6 is 0 Å². The quantitative estimate of drug-likeness (QED) is 0.129. The standard InChI is InChI=1S/C64H38B2N2/c1-3-17-39(18-4-1)43-21-7-11-27-53(43)67-55-29-13-9-25-49(55)65-51-37-41-34-36-46-48-24-16-32-58-64(48)66(50-26-10-14-30-56(50)68(58)54-28-12-8-22-44(54)40-19-5-2-6-20-40)52-38-42-33-35-45(47-23-15-31-57(67)63(47)65)61(51)59(42)60(41)62(46)52/h1-38H/i33D,34D. The molecule has 12 aromatic rings. The van der Waals surface area contributed by atoms with Gasteiger partial charge in [-0.3, -0.25) is 0 Å². The molecule has 0 spiro atoms. The van der Waals surface area contributed by atoms with Crippen molar-refractivity contribution in [1.82, 2.24) is 0 Å². The van der Waals surface area contributed by atoms with Crippen molar-refractivity contribution in [3.63, 3.8) is 0 Å². The maximum absolute atomic E-state index is 10.1. The first-order valence-electron chi connectivity index (χ1n) is 24.8. The zero-order chi connectivity index (χ0) is 45.9. The summed E-state index contributed by atoms with van der Waals surface area (Å²) in [4.78, 5) is 4.93. The Morgan fingerprint density at radius 2 is 0.647 bits per heavy atom. The lowest BCUT2D eigenvalue weighted by Gasteiger charge is -2.42. The van der Waals surface area contributed by atoms with E-state index in [1.54, 1.807) is 0 Å². The summed E-state index contributed by atoms with van der Waals surface area (Å²) in [6.07, 6.45) is 0. The zero-order valence-electron chi connectivity index (χ0n) is 38.8. The first-order valence-corrected chi connectivity index (χ1v) is 23.8. The molecule has 0 saturated heterocycles. The molecule has 0 bridgehead atoms. The molecule has 0 amide bonds. The normalized spacial score (nSPS) is 13.9. The van der Waals surface area contributed by atoms with Crippen molar-refractivity contribution < 1.29 is 2.74 Å². The maximum atomic E-state index is 10.1. The van der Waals surface area contributed by atoms with Crippen molar-refractivity contribution >= 4 is 113 Å². The van der Waals surface area contributed by atoms with Gasteiger partial charge in [-0.05, 0) is 124 Å². The highest BCUT2D eigenvalue weighted by atomic mass is 15.2. The van der Waals surface area contributed by atoms with Gasteiger partial charge in [-0.2, -0.15) is 0 Å². The minimum Gasteiger partial charge on any atom is -0.311 e. The Morgan fingerprint density at radius 3 is 1.10 bits per heavy atom. The molecule has 0 fully saturated rings. The number of anilines is 6. The number of fused-ring (bicyclic) bond motifs is 8. The molecule has 0 unspecified atom stereocenters. The van der Waals surface area contributed by atoms with Crippen molar-refractivity contribution in [3.05, 3.63) is 230 Å². The van der Waals surface area contributed by atoms with Gasteiger partial charge in [-0.25, -0.2) is 0 Å². The number of hydrogen-bond donors (Lipinski definition) is 0. The summed E-state index contributed by atoms with van der Waals surface area (Å²) in [6, 6.07) is 80.3. The van der Waals surface area contributed by atoms with Crippen molar-refractivity contribution in [1.29, 1.82) is 0 Å². The van der Waals surface area contributed by atoms with Gasteiger partial charge in [0.1, 0.15) is 0 Å². The van der Waals surface area contributed by atoms with Gasteiger partial charge < -0.3 is 9.80 Å². The van der Waals surface area contributed by atoms with E-state index in [1.807, 2.05) is 0 Å².